The second-order valence-corrected chi connectivity index (χ2v) is 6.78. The molecule has 5 nitrogen and oxygen atoms in total. The molecule has 142 valence electrons. The first-order valence-corrected chi connectivity index (χ1v) is 9.10. The van der Waals surface area contributed by atoms with Crippen molar-refractivity contribution in [1.82, 2.24) is 10.3 Å². The molecule has 1 unspecified atom stereocenters. The molecule has 0 aliphatic heterocycles. The highest BCUT2D eigenvalue weighted by Gasteiger charge is 2.17. The number of hydrogen-bond donors (Lipinski definition) is 2. The van der Waals surface area contributed by atoms with Gasteiger partial charge in [-0.15, -0.1) is 0 Å². The Morgan fingerprint density at radius 2 is 1.96 bits per heavy atom. The van der Waals surface area contributed by atoms with Gasteiger partial charge in [0.25, 0.3) is 0 Å². The summed E-state index contributed by atoms with van der Waals surface area (Å²) in [6.07, 6.45) is 0. The Hall–Kier alpha value is -2.34. The number of para-hydroxylation sites is 1. The minimum Gasteiger partial charge on any atom is -0.493 e. The van der Waals surface area contributed by atoms with Crippen LogP contribution in [0.15, 0.2) is 42.5 Å². The molecule has 0 bridgehead atoms. The molecule has 0 spiro atoms. The fraction of sp³-hybridized carbons (Fsp3) is 0.286. The number of halogens is 1. The van der Waals surface area contributed by atoms with E-state index in [-0.39, 0.29) is 12.6 Å². The monoisotopic (exact) mass is 386 g/mol. The predicted molar refractivity (Wildman–Crippen MR) is 109 cm³/mol. The smallest absolute Gasteiger partial charge is 0.170 e. The van der Waals surface area contributed by atoms with E-state index in [0.29, 0.717) is 23.1 Å². The van der Waals surface area contributed by atoms with E-state index in [1.807, 2.05) is 43.3 Å². The van der Waals surface area contributed by atoms with Crippen LogP contribution in [0.2, 0.25) is 5.02 Å². The largest absolute Gasteiger partial charge is 0.493 e. The molecular formula is C21H23ClN2O3. The number of hydrogen-bond acceptors (Lipinski definition) is 5. The molecule has 0 radical (unpaired) electrons. The molecule has 0 aliphatic carbocycles. The van der Waals surface area contributed by atoms with Crippen LogP contribution in [0.25, 0.3) is 22.2 Å². The maximum atomic E-state index is 9.32. The molecule has 3 aromatic rings. The molecule has 0 saturated carbocycles. The van der Waals surface area contributed by atoms with Crippen molar-refractivity contribution in [2.75, 3.05) is 20.8 Å². The number of ether oxygens (including phenoxy) is 2. The van der Waals surface area contributed by atoms with Crippen LogP contribution in [-0.4, -0.2) is 37.0 Å². The highest BCUT2D eigenvalue weighted by molar-refractivity contribution is 6.31. The third-order valence-electron chi connectivity index (χ3n) is 4.43. The van der Waals surface area contributed by atoms with Crippen molar-refractivity contribution in [3.63, 3.8) is 0 Å². The van der Waals surface area contributed by atoms with Crippen molar-refractivity contribution in [3.8, 4) is 22.8 Å². The molecule has 1 heterocycles. The van der Waals surface area contributed by atoms with Gasteiger partial charge in [0, 0.05) is 28.6 Å². The van der Waals surface area contributed by atoms with E-state index in [1.54, 1.807) is 14.2 Å². The number of pyridine rings is 1. The summed E-state index contributed by atoms with van der Waals surface area (Å²) in [6, 6.07) is 13.4. The van der Waals surface area contributed by atoms with Gasteiger partial charge in [0.2, 0.25) is 0 Å². The number of nitrogens with zero attached hydrogens (tertiary/aromatic N) is 1. The van der Waals surface area contributed by atoms with Gasteiger partial charge in [0.1, 0.15) is 0 Å². The van der Waals surface area contributed by atoms with Crippen LogP contribution < -0.4 is 14.8 Å². The molecular weight excluding hydrogens is 364 g/mol. The second-order valence-electron chi connectivity index (χ2n) is 6.34. The van der Waals surface area contributed by atoms with E-state index in [9.17, 15) is 5.11 Å². The van der Waals surface area contributed by atoms with Crippen LogP contribution in [0.3, 0.4) is 0 Å². The zero-order valence-electron chi connectivity index (χ0n) is 15.6. The first-order chi connectivity index (χ1) is 13.1. The maximum absolute atomic E-state index is 9.32. The quantitative estimate of drug-likeness (QED) is 0.641. The van der Waals surface area contributed by atoms with Crippen molar-refractivity contribution >= 4 is 22.5 Å². The van der Waals surface area contributed by atoms with Crippen molar-refractivity contribution in [2.24, 2.45) is 0 Å². The second kappa shape index (κ2) is 8.57. The van der Waals surface area contributed by atoms with Gasteiger partial charge in [-0.05, 0) is 42.8 Å². The van der Waals surface area contributed by atoms with Crippen molar-refractivity contribution in [3.05, 3.63) is 53.1 Å². The zero-order chi connectivity index (χ0) is 19.4. The number of nitrogens with one attached hydrogen (secondary N) is 1. The minimum atomic E-state index is -0.0223. The lowest BCUT2D eigenvalue weighted by molar-refractivity contribution is 0.251. The SMILES string of the molecule is COc1cccc(-c2nc3cc(Cl)ccc3cc2CNC(C)CO)c1OC. The van der Waals surface area contributed by atoms with Crippen LogP contribution in [0, 0.1) is 0 Å². The fourth-order valence-corrected chi connectivity index (χ4v) is 3.14. The van der Waals surface area contributed by atoms with Crippen molar-refractivity contribution < 1.29 is 14.6 Å². The lowest BCUT2D eigenvalue weighted by atomic mass is 10.0. The minimum absolute atomic E-state index is 0.0223. The number of rotatable bonds is 7. The Morgan fingerprint density at radius 1 is 1.15 bits per heavy atom. The van der Waals surface area contributed by atoms with E-state index >= 15 is 0 Å². The number of aliphatic hydroxyl groups is 1. The Labute approximate surface area is 163 Å². The highest BCUT2D eigenvalue weighted by atomic mass is 35.5. The Bertz CT molecular complexity index is 946. The third kappa shape index (κ3) is 4.16. The summed E-state index contributed by atoms with van der Waals surface area (Å²) in [4.78, 5) is 4.87. The van der Waals surface area contributed by atoms with Crippen LogP contribution in [0.1, 0.15) is 12.5 Å². The summed E-state index contributed by atoms with van der Waals surface area (Å²) in [6.45, 7) is 2.55. The van der Waals surface area contributed by atoms with E-state index < -0.39 is 0 Å². The van der Waals surface area contributed by atoms with Gasteiger partial charge >= 0.3 is 0 Å². The first kappa shape index (κ1) is 19.4. The molecule has 27 heavy (non-hydrogen) atoms. The Kier molecular flexibility index (Phi) is 6.16. The highest BCUT2D eigenvalue weighted by Crippen LogP contribution is 2.39. The van der Waals surface area contributed by atoms with E-state index in [4.69, 9.17) is 26.1 Å². The van der Waals surface area contributed by atoms with E-state index in [0.717, 1.165) is 27.7 Å². The lowest BCUT2D eigenvalue weighted by Gasteiger charge is -2.17. The summed E-state index contributed by atoms with van der Waals surface area (Å²) in [5.74, 6) is 1.27. The topological polar surface area (TPSA) is 63.6 Å². The van der Waals surface area contributed by atoms with Gasteiger partial charge in [-0.2, -0.15) is 0 Å². The number of aliphatic hydroxyl groups excluding tert-OH is 1. The first-order valence-electron chi connectivity index (χ1n) is 8.72. The maximum Gasteiger partial charge on any atom is 0.170 e. The molecule has 1 aromatic heterocycles. The zero-order valence-corrected chi connectivity index (χ0v) is 16.4. The Balaban J connectivity index is 2.19. The summed E-state index contributed by atoms with van der Waals surface area (Å²) < 4.78 is 11.0. The average Bonchev–Trinajstić information content (AvgIpc) is 2.70. The lowest BCUT2D eigenvalue weighted by Crippen LogP contribution is -2.29. The van der Waals surface area contributed by atoms with Crippen LogP contribution in [0.4, 0.5) is 0 Å². The standard InChI is InChI=1S/C21H23ClN2O3/c1-13(12-25)23-11-15-9-14-7-8-16(22)10-18(14)24-20(15)17-5-4-6-19(26-2)21(17)27-3/h4-10,13,23,25H,11-12H2,1-3H3. The fourth-order valence-electron chi connectivity index (χ4n) is 2.97. The van der Waals surface area contributed by atoms with Gasteiger partial charge < -0.3 is 19.9 Å². The molecule has 2 N–H and O–H groups in total. The van der Waals surface area contributed by atoms with Gasteiger partial charge in [-0.1, -0.05) is 23.7 Å². The van der Waals surface area contributed by atoms with Gasteiger partial charge in [0.05, 0.1) is 32.0 Å². The molecule has 0 fully saturated rings. The van der Waals surface area contributed by atoms with Crippen LogP contribution in [-0.2, 0) is 6.54 Å². The summed E-state index contributed by atoms with van der Waals surface area (Å²) in [7, 11) is 3.23. The van der Waals surface area contributed by atoms with Crippen LogP contribution >= 0.6 is 11.6 Å². The molecule has 0 aliphatic rings. The van der Waals surface area contributed by atoms with Crippen LogP contribution in [0.5, 0.6) is 11.5 Å². The molecule has 6 heteroatoms. The number of aromatic nitrogens is 1. The summed E-state index contributed by atoms with van der Waals surface area (Å²) >= 11 is 6.16. The van der Waals surface area contributed by atoms with Gasteiger partial charge in [-0.3, -0.25) is 0 Å². The third-order valence-corrected chi connectivity index (χ3v) is 4.67. The Morgan fingerprint density at radius 3 is 2.67 bits per heavy atom. The number of benzene rings is 2. The van der Waals surface area contributed by atoms with E-state index in [2.05, 4.69) is 11.4 Å². The van der Waals surface area contributed by atoms with Crippen molar-refractivity contribution in [1.29, 1.82) is 0 Å². The normalized spacial score (nSPS) is 12.2. The predicted octanol–water partition coefficient (Wildman–Crippen LogP) is 4.04. The van der Waals surface area contributed by atoms with E-state index in [1.165, 1.54) is 0 Å². The number of fused-ring (bicyclic) bond motifs is 1. The molecule has 1 atom stereocenters. The molecule has 0 saturated heterocycles. The number of methoxy groups -OCH3 is 2. The molecule has 3 rings (SSSR count). The van der Waals surface area contributed by atoms with Gasteiger partial charge in [-0.25, -0.2) is 4.98 Å². The molecule has 2 aromatic carbocycles. The molecule has 0 amide bonds. The summed E-state index contributed by atoms with van der Waals surface area (Å²) in [5.41, 5.74) is 3.43. The van der Waals surface area contributed by atoms with Gasteiger partial charge in [0.15, 0.2) is 11.5 Å². The van der Waals surface area contributed by atoms with Crippen molar-refractivity contribution in [2.45, 2.75) is 19.5 Å². The summed E-state index contributed by atoms with van der Waals surface area (Å²) in [5, 5.41) is 14.3. The average molecular weight is 387 g/mol.